The smallest absolute Gasteiger partial charge is 0.462 e. The van der Waals surface area contributed by atoms with E-state index in [1.165, 1.54) is 96.3 Å². The number of rotatable bonds is 41. The number of aliphatic hydroxyl groups excluding tert-OH is 2. The maximum Gasteiger partial charge on any atom is 0.469 e. The number of unbranched alkanes of at least 4 members (excludes halogenated alkanes) is 17. The molecule has 0 aliphatic carbocycles. The van der Waals surface area contributed by atoms with Crippen molar-refractivity contribution < 1.29 is 48.2 Å². The van der Waals surface area contributed by atoms with Crippen LogP contribution in [0.1, 0.15) is 188 Å². The molecule has 0 aliphatic heterocycles. The zero-order valence-electron chi connectivity index (χ0n) is 37.7. The van der Waals surface area contributed by atoms with Gasteiger partial charge in [-0.05, 0) is 44.4 Å². The lowest BCUT2D eigenvalue weighted by Crippen LogP contribution is -2.29. The average Bonchev–Trinajstić information content (AvgIpc) is 3.20. The molecular weight excluding hydrogens is 780 g/mol. The number of hydrogen-bond donors (Lipinski definition) is 4. The minimum Gasteiger partial charge on any atom is -0.462 e. The van der Waals surface area contributed by atoms with E-state index in [4.69, 9.17) is 19.3 Å². The number of carbonyl (C=O) groups excluding carboxylic acids is 2. The molecular formula is C49H85O10P. The quantitative estimate of drug-likeness (QED) is 0.0153. The molecule has 0 bridgehead atoms. The van der Waals surface area contributed by atoms with Gasteiger partial charge in [0.25, 0.3) is 0 Å². The van der Waals surface area contributed by atoms with Gasteiger partial charge in [-0.25, -0.2) is 4.57 Å². The first kappa shape index (κ1) is 57.4. The summed E-state index contributed by atoms with van der Waals surface area (Å²) in [7, 11) is -4.81. The predicted octanol–water partition coefficient (Wildman–Crippen LogP) is 12.4. The lowest BCUT2D eigenvalue weighted by molar-refractivity contribution is -0.161. The highest BCUT2D eigenvalue weighted by atomic mass is 31.2. The fraction of sp³-hybridized carbons (Fsp3) is 0.714. The van der Waals surface area contributed by atoms with Gasteiger partial charge in [0.2, 0.25) is 0 Å². The first-order chi connectivity index (χ1) is 28.9. The second kappa shape index (κ2) is 41.7. The van der Waals surface area contributed by atoms with E-state index in [9.17, 15) is 24.4 Å². The van der Waals surface area contributed by atoms with Crippen LogP contribution in [0.25, 0.3) is 0 Å². The summed E-state index contributed by atoms with van der Waals surface area (Å²) in [5.41, 5.74) is 0. The third-order valence-corrected chi connectivity index (χ3v) is 10.3. The van der Waals surface area contributed by atoms with E-state index in [0.29, 0.717) is 32.1 Å². The van der Waals surface area contributed by atoms with Gasteiger partial charge in [0.05, 0.1) is 18.8 Å². The van der Waals surface area contributed by atoms with Crippen molar-refractivity contribution in [2.75, 3.05) is 13.2 Å². The van der Waals surface area contributed by atoms with E-state index in [0.717, 1.165) is 31.6 Å². The summed E-state index contributed by atoms with van der Waals surface area (Å²) < 4.78 is 26.3. The van der Waals surface area contributed by atoms with Gasteiger partial charge in [-0.3, -0.25) is 14.1 Å². The minimum absolute atomic E-state index is 0.0284. The number of hydrogen-bond acceptors (Lipinski definition) is 8. The van der Waals surface area contributed by atoms with E-state index in [1.54, 1.807) is 36.5 Å². The summed E-state index contributed by atoms with van der Waals surface area (Å²) in [6, 6.07) is 0. The molecule has 346 valence electrons. The largest absolute Gasteiger partial charge is 0.469 e. The highest BCUT2D eigenvalue weighted by Crippen LogP contribution is 2.36. The molecule has 0 radical (unpaired) electrons. The fourth-order valence-electron chi connectivity index (χ4n) is 6.35. The summed E-state index contributed by atoms with van der Waals surface area (Å²) in [5.74, 6) is -0.210. The number of allylic oxidation sites excluding steroid dienone is 8. The van der Waals surface area contributed by atoms with Gasteiger partial charge in [0.1, 0.15) is 6.61 Å². The normalized spacial score (nSPS) is 14.3. The van der Waals surface area contributed by atoms with Crippen LogP contribution >= 0.6 is 7.82 Å². The zero-order chi connectivity index (χ0) is 44.4. The molecule has 4 N–H and O–H groups in total. The van der Waals surface area contributed by atoms with Gasteiger partial charge in [0.15, 0.2) is 6.10 Å². The Labute approximate surface area is 365 Å². The number of aliphatic hydroxyl groups is 2. The van der Waals surface area contributed by atoms with Crippen LogP contribution in [0.15, 0.2) is 72.9 Å². The first-order valence-corrected chi connectivity index (χ1v) is 24.8. The van der Waals surface area contributed by atoms with E-state index >= 15 is 0 Å². The number of carbonyl (C=O) groups is 2. The lowest BCUT2D eigenvalue weighted by atomic mass is 10.0. The van der Waals surface area contributed by atoms with Crippen LogP contribution in [0.2, 0.25) is 0 Å². The summed E-state index contributed by atoms with van der Waals surface area (Å²) >= 11 is 0. The molecule has 0 heterocycles. The van der Waals surface area contributed by atoms with Crippen LogP contribution in [0, 0.1) is 5.92 Å². The van der Waals surface area contributed by atoms with Crippen LogP contribution in [-0.2, 0) is 28.2 Å². The summed E-state index contributed by atoms with van der Waals surface area (Å²) in [6.45, 7) is 5.72. The maximum atomic E-state index is 12.4. The van der Waals surface area contributed by atoms with Gasteiger partial charge < -0.3 is 29.5 Å². The van der Waals surface area contributed by atoms with Crippen molar-refractivity contribution in [2.24, 2.45) is 5.92 Å². The maximum absolute atomic E-state index is 12.4. The number of phosphoric acid groups is 1. The average molecular weight is 865 g/mol. The van der Waals surface area contributed by atoms with Crippen LogP contribution in [0.4, 0.5) is 0 Å². The SMILES string of the molecule is CC/C=C\C[C@H](O)/C=C/C=C\C=C\[C@H](O)C/C=C\C/C=C\CCC(=O)O[C@H](COC(=O)CCCCCCCCCCCCCCCCCCCCC(C)C)COP(=O)(O)O. The Bertz CT molecular complexity index is 1250. The molecule has 0 aromatic rings. The molecule has 0 aromatic carbocycles. The summed E-state index contributed by atoms with van der Waals surface area (Å²) in [5, 5.41) is 19.9. The van der Waals surface area contributed by atoms with Gasteiger partial charge in [0, 0.05) is 12.8 Å². The van der Waals surface area contributed by atoms with Crippen molar-refractivity contribution in [1.82, 2.24) is 0 Å². The zero-order valence-corrected chi connectivity index (χ0v) is 38.6. The molecule has 0 aliphatic rings. The minimum atomic E-state index is -4.81. The predicted molar refractivity (Wildman–Crippen MR) is 246 cm³/mol. The second-order valence-corrected chi connectivity index (χ2v) is 17.5. The molecule has 0 aromatic heterocycles. The third kappa shape index (κ3) is 44.9. The molecule has 0 amide bonds. The van der Waals surface area contributed by atoms with Crippen LogP contribution < -0.4 is 0 Å². The topological polar surface area (TPSA) is 160 Å². The number of esters is 2. The van der Waals surface area contributed by atoms with E-state index in [1.807, 2.05) is 43.4 Å². The molecule has 0 rings (SSSR count). The van der Waals surface area contributed by atoms with E-state index < -0.39 is 44.7 Å². The summed E-state index contributed by atoms with van der Waals surface area (Å²) in [6.07, 6.45) is 47.1. The van der Waals surface area contributed by atoms with Gasteiger partial charge in [-0.15, -0.1) is 0 Å². The monoisotopic (exact) mass is 865 g/mol. The Balaban J connectivity index is 4.07. The Kier molecular flexibility index (Phi) is 39.9. The molecule has 11 heteroatoms. The standard InChI is InChI=1S/C49H85O10P/c1-4-5-28-36-45(50)38-31-26-27-32-39-46(51)37-30-23-20-21-25-34-41-49(53)59-47(43-58-60(54,55)56)42-57-48(52)40-33-24-19-17-15-13-11-9-7-6-8-10-12-14-16-18-22-29-35-44(2)3/h5,21,23,25-28,30-32,38-39,44-47,50-51H,4,6-20,22,24,29,33-37,40-43H2,1-3H3,(H2,54,55,56)/b25-21-,27-26-,28-5-,30-23-,38-31+,39-32+/t45-,46+,47+/m0/s1. The van der Waals surface area contributed by atoms with Gasteiger partial charge in [-0.2, -0.15) is 0 Å². The fourth-order valence-corrected chi connectivity index (χ4v) is 6.71. The Morgan fingerprint density at radius 3 is 1.52 bits per heavy atom. The number of phosphoric ester groups is 1. The van der Waals surface area contributed by atoms with Crippen molar-refractivity contribution in [1.29, 1.82) is 0 Å². The Morgan fingerprint density at radius 1 is 0.567 bits per heavy atom. The highest BCUT2D eigenvalue weighted by molar-refractivity contribution is 7.46. The van der Waals surface area contributed by atoms with E-state index in [2.05, 4.69) is 18.4 Å². The van der Waals surface area contributed by atoms with Crippen LogP contribution in [0.3, 0.4) is 0 Å². The molecule has 10 nitrogen and oxygen atoms in total. The molecule has 0 saturated carbocycles. The third-order valence-electron chi connectivity index (χ3n) is 9.85. The molecule has 60 heavy (non-hydrogen) atoms. The Hall–Kier alpha value is -2.59. The van der Waals surface area contributed by atoms with Crippen LogP contribution in [0.5, 0.6) is 0 Å². The summed E-state index contributed by atoms with van der Waals surface area (Å²) in [4.78, 5) is 43.0. The molecule has 3 atom stereocenters. The second-order valence-electron chi connectivity index (χ2n) is 16.2. The van der Waals surface area contributed by atoms with Gasteiger partial charge in [-0.1, -0.05) is 209 Å². The van der Waals surface area contributed by atoms with E-state index in [-0.39, 0.29) is 19.4 Å². The van der Waals surface area contributed by atoms with Crippen molar-refractivity contribution in [3.63, 3.8) is 0 Å². The molecule has 0 unspecified atom stereocenters. The van der Waals surface area contributed by atoms with Crippen LogP contribution in [-0.4, -0.2) is 63.5 Å². The first-order valence-electron chi connectivity index (χ1n) is 23.3. The molecule has 0 fully saturated rings. The van der Waals surface area contributed by atoms with Crippen molar-refractivity contribution in [2.45, 2.75) is 206 Å². The molecule has 0 saturated heterocycles. The van der Waals surface area contributed by atoms with Crippen molar-refractivity contribution >= 4 is 19.8 Å². The highest BCUT2D eigenvalue weighted by Gasteiger charge is 2.22. The van der Waals surface area contributed by atoms with Crippen molar-refractivity contribution in [3.8, 4) is 0 Å². The van der Waals surface area contributed by atoms with Gasteiger partial charge >= 0.3 is 19.8 Å². The lowest BCUT2D eigenvalue weighted by Gasteiger charge is -2.18. The Morgan fingerprint density at radius 2 is 1.03 bits per heavy atom. The molecule has 0 spiro atoms. The number of ether oxygens (including phenoxy) is 2. The van der Waals surface area contributed by atoms with Crippen molar-refractivity contribution in [3.05, 3.63) is 72.9 Å².